The second-order valence-corrected chi connectivity index (χ2v) is 6.46. The predicted octanol–water partition coefficient (Wildman–Crippen LogP) is 4.42. The predicted molar refractivity (Wildman–Crippen MR) is 86.7 cm³/mol. The van der Waals surface area contributed by atoms with Gasteiger partial charge in [0.1, 0.15) is 0 Å². The maximum atomic E-state index is 12.1. The van der Waals surface area contributed by atoms with E-state index >= 15 is 0 Å². The Kier molecular flexibility index (Phi) is 3.36. The summed E-state index contributed by atoms with van der Waals surface area (Å²) in [6.45, 7) is 8.65. The highest BCUT2D eigenvalue weighted by Gasteiger charge is 2.22. The molecule has 0 bridgehead atoms. The van der Waals surface area contributed by atoms with Crippen molar-refractivity contribution in [3.63, 3.8) is 0 Å². The topological polar surface area (TPSA) is 44.9 Å². The summed E-state index contributed by atoms with van der Waals surface area (Å²) in [5.41, 5.74) is 6.62. The van der Waals surface area contributed by atoms with Crippen LogP contribution in [0, 0.1) is 0 Å². The Morgan fingerprint density at radius 1 is 1.05 bits per heavy atom. The molecule has 1 aromatic carbocycles. The summed E-state index contributed by atoms with van der Waals surface area (Å²) < 4.78 is 0. The zero-order valence-electron chi connectivity index (χ0n) is 13.1. The van der Waals surface area contributed by atoms with Gasteiger partial charge in [-0.3, -0.25) is 4.79 Å². The zero-order chi connectivity index (χ0) is 15.1. The molecule has 3 nitrogen and oxygen atoms in total. The molecule has 0 radical (unpaired) electrons. The number of hydrogen-bond acceptors (Lipinski definition) is 1. The number of nitrogens with one attached hydrogen (secondary N) is 2. The largest absolute Gasteiger partial charge is 0.358 e. The number of carbonyl (C=O) groups is 1. The van der Waals surface area contributed by atoms with Gasteiger partial charge in [0.2, 0.25) is 5.91 Å². The molecule has 3 rings (SSSR count). The van der Waals surface area contributed by atoms with Crippen LogP contribution in [0.5, 0.6) is 0 Å². The molecule has 2 heterocycles. The first kappa shape index (κ1) is 13.9. The number of H-pyrrole nitrogens is 1. The van der Waals surface area contributed by atoms with E-state index in [1.54, 1.807) is 0 Å². The second-order valence-electron chi connectivity index (χ2n) is 6.46. The summed E-state index contributed by atoms with van der Waals surface area (Å²) in [5, 5.41) is 3.04. The van der Waals surface area contributed by atoms with Crippen molar-refractivity contribution in [1.82, 2.24) is 4.98 Å². The van der Waals surface area contributed by atoms with Gasteiger partial charge in [-0.05, 0) is 35.1 Å². The molecule has 3 heteroatoms. The van der Waals surface area contributed by atoms with Gasteiger partial charge >= 0.3 is 0 Å². The van der Waals surface area contributed by atoms with Crippen LogP contribution in [0.2, 0.25) is 0 Å². The molecule has 110 valence electrons. The molecule has 1 aliphatic heterocycles. The molecule has 0 saturated carbocycles. The van der Waals surface area contributed by atoms with E-state index in [4.69, 9.17) is 0 Å². The maximum absolute atomic E-state index is 12.1. The summed E-state index contributed by atoms with van der Waals surface area (Å²) in [5.74, 6) is 0.938. The third-order valence-corrected chi connectivity index (χ3v) is 4.15. The highest BCUT2D eigenvalue weighted by atomic mass is 16.1. The molecule has 1 aliphatic rings. The first-order valence-electron chi connectivity index (χ1n) is 7.61. The normalized spacial score (nSPS) is 13.9. The first-order valence-corrected chi connectivity index (χ1v) is 7.61. The third-order valence-electron chi connectivity index (χ3n) is 4.15. The third kappa shape index (κ3) is 2.48. The molecule has 0 spiro atoms. The number of anilines is 1. The molecule has 0 fully saturated rings. The smallest absolute Gasteiger partial charge is 0.228 e. The summed E-state index contributed by atoms with van der Waals surface area (Å²) >= 11 is 0. The number of benzene rings is 1. The van der Waals surface area contributed by atoms with E-state index in [-0.39, 0.29) is 5.91 Å². The lowest BCUT2D eigenvalue weighted by Gasteiger charge is -2.12. The summed E-state index contributed by atoms with van der Waals surface area (Å²) in [4.78, 5) is 15.7. The first-order chi connectivity index (χ1) is 9.95. The molecule has 1 aromatic heterocycles. The van der Waals surface area contributed by atoms with Gasteiger partial charge in [-0.1, -0.05) is 39.8 Å². The second kappa shape index (κ2) is 5.06. The Morgan fingerprint density at radius 3 is 2.48 bits per heavy atom. The fraction of sp³-hybridized carbons (Fsp3) is 0.389. The highest BCUT2D eigenvalue weighted by molar-refractivity contribution is 6.00. The van der Waals surface area contributed by atoms with Crippen LogP contribution < -0.4 is 5.32 Å². The monoisotopic (exact) mass is 282 g/mol. The standard InChI is InChI=1S/C18H22N2O/c1-10(2)12-5-6-14-16(7-12)19-17(21)9-13-8-15(11(3)4)20-18(13)14/h5-8,10-11,20H,9H2,1-4H3,(H,19,21). The SMILES string of the molecule is CC(C)c1ccc2c(c1)NC(=O)Cc1cc(C(C)C)[nH]c1-2. The molecular weight excluding hydrogens is 260 g/mol. The van der Waals surface area contributed by atoms with Crippen molar-refractivity contribution in [2.24, 2.45) is 0 Å². The Labute approximate surface area is 125 Å². The maximum Gasteiger partial charge on any atom is 0.228 e. The van der Waals surface area contributed by atoms with Crippen LogP contribution in [-0.4, -0.2) is 10.9 Å². The molecule has 1 amide bonds. The Hall–Kier alpha value is -2.03. The van der Waals surface area contributed by atoms with Gasteiger partial charge in [0, 0.05) is 11.3 Å². The lowest BCUT2D eigenvalue weighted by atomic mass is 9.98. The quantitative estimate of drug-likeness (QED) is 0.841. The van der Waals surface area contributed by atoms with Crippen LogP contribution in [0.1, 0.15) is 56.4 Å². The molecule has 2 N–H and O–H groups in total. The Bertz CT molecular complexity index is 695. The number of rotatable bonds is 2. The zero-order valence-corrected chi connectivity index (χ0v) is 13.1. The lowest BCUT2D eigenvalue weighted by Crippen LogP contribution is -2.12. The molecule has 0 aliphatic carbocycles. The number of fused-ring (bicyclic) bond motifs is 3. The van der Waals surface area contributed by atoms with Gasteiger partial charge in [0.05, 0.1) is 17.8 Å². The fourth-order valence-electron chi connectivity index (χ4n) is 2.82. The lowest BCUT2D eigenvalue weighted by molar-refractivity contribution is -0.115. The molecule has 21 heavy (non-hydrogen) atoms. The average molecular weight is 282 g/mol. The van der Waals surface area contributed by atoms with Crippen molar-refractivity contribution in [1.29, 1.82) is 0 Å². The number of hydrogen-bond donors (Lipinski definition) is 2. The molecule has 0 saturated heterocycles. The van der Waals surface area contributed by atoms with E-state index in [1.165, 1.54) is 11.3 Å². The number of amides is 1. The molecule has 0 unspecified atom stereocenters. The summed E-state index contributed by atoms with van der Waals surface area (Å²) in [6.07, 6.45) is 0.435. The molecule has 2 aromatic rings. The van der Waals surface area contributed by atoms with Crippen LogP contribution in [-0.2, 0) is 11.2 Å². The van der Waals surface area contributed by atoms with Crippen molar-refractivity contribution in [2.45, 2.75) is 46.0 Å². The van der Waals surface area contributed by atoms with Gasteiger partial charge in [-0.2, -0.15) is 0 Å². The van der Waals surface area contributed by atoms with Crippen molar-refractivity contribution < 1.29 is 4.79 Å². The molecule has 0 atom stereocenters. The van der Waals surface area contributed by atoms with E-state index in [0.29, 0.717) is 18.3 Å². The van der Waals surface area contributed by atoms with E-state index < -0.39 is 0 Å². The average Bonchev–Trinajstić information content (AvgIpc) is 2.77. The minimum Gasteiger partial charge on any atom is -0.358 e. The van der Waals surface area contributed by atoms with Gasteiger partial charge in [-0.25, -0.2) is 0 Å². The van der Waals surface area contributed by atoms with E-state index in [0.717, 1.165) is 22.5 Å². The minimum atomic E-state index is 0.0604. The van der Waals surface area contributed by atoms with Crippen molar-refractivity contribution in [3.05, 3.63) is 41.1 Å². The fourth-order valence-corrected chi connectivity index (χ4v) is 2.82. The van der Waals surface area contributed by atoms with Gasteiger partial charge in [-0.15, -0.1) is 0 Å². The van der Waals surface area contributed by atoms with Crippen molar-refractivity contribution >= 4 is 11.6 Å². The number of carbonyl (C=O) groups excluding carboxylic acids is 1. The van der Waals surface area contributed by atoms with Gasteiger partial charge in [0.15, 0.2) is 0 Å². The Balaban J connectivity index is 2.17. The van der Waals surface area contributed by atoms with Crippen LogP contribution in [0.15, 0.2) is 24.3 Å². The highest BCUT2D eigenvalue weighted by Crippen LogP contribution is 2.36. The number of aromatic nitrogens is 1. The summed E-state index contributed by atoms with van der Waals surface area (Å²) in [6, 6.07) is 8.50. The molecular formula is C18H22N2O. The Morgan fingerprint density at radius 2 is 1.81 bits per heavy atom. The van der Waals surface area contributed by atoms with E-state index in [9.17, 15) is 4.79 Å². The van der Waals surface area contributed by atoms with Crippen molar-refractivity contribution in [3.8, 4) is 11.3 Å². The van der Waals surface area contributed by atoms with Crippen LogP contribution in [0.25, 0.3) is 11.3 Å². The van der Waals surface area contributed by atoms with Crippen LogP contribution >= 0.6 is 0 Å². The van der Waals surface area contributed by atoms with Crippen molar-refractivity contribution in [2.75, 3.05) is 5.32 Å². The summed E-state index contributed by atoms with van der Waals surface area (Å²) in [7, 11) is 0. The van der Waals surface area contributed by atoms with Crippen LogP contribution in [0.4, 0.5) is 5.69 Å². The number of aromatic amines is 1. The van der Waals surface area contributed by atoms with Gasteiger partial charge < -0.3 is 10.3 Å². The van der Waals surface area contributed by atoms with E-state index in [2.05, 4.69) is 62.3 Å². The van der Waals surface area contributed by atoms with Crippen LogP contribution in [0.3, 0.4) is 0 Å². The van der Waals surface area contributed by atoms with E-state index in [1.807, 2.05) is 0 Å². The van der Waals surface area contributed by atoms with Gasteiger partial charge in [0.25, 0.3) is 0 Å². The minimum absolute atomic E-state index is 0.0604.